The molecule has 0 radical (unpaired) electrons. The molecule has 0 spiro atoms. The number of carbonyl (C=O) groups is 2. The first kappa shape index (κ1) is 35.1. The molecule has 0 aliphatic carbocycles. The smallest absolute Gasteiger partial charge is 0.349 e. The predicted molar refractivity (Wildman–Crippen MR) is 186 cm³/mol. The van der Waals surface area contributed by atoms with Crippen LogP contribution in [-0.2, 0) is 27.3 Å². The van der Waals surface area contributed by atoms with Crippen molar-refractivity contribution in [3.05, 3.63) is 115 Å². The second kappa shape index (κ2) is 16.1. The largest absolute Gasteiger partial charge is 0.462 e. The van der Waals surface area contributed by atoms with Gasteiger partial charge >= 0.3 is 20.5 Å². The van der Waals surface area contributed by atoms with Gasteiger partial charge in [0.2, 0.25) is 16.6 Å². The first-order valence-electron chi connectivity index (χ1n) is 15.1. The Morgan fingerprint density at radius 2 is 0.886 bits per heavy atom. The lowest BCUT2D eigenvalue weighted by Gasteiger charge is -2.43. The molecule has 6 nitrogen and oxygen atoms in total. The molecule has 44 heavy (non-hydrogen) atoms. The van der Waals surface area contributed by atoms with Crippen molar-refractivity contribution in [2.75, 3.05) is 13.2 Å². The van der Waals surface area contributed by atoms with Crippen LogP contribution in [0.5, 0.6) is 0 Å². The predicted octanol–water partition coefficient (Wildman–Crippen LogP) is 5.98. The van der Waals surface area contributed by atoms with E-state index in [0.29, 0.717) is 37.2 Å². The molecule has 0 aromatic heterocycles. The maximum Gasteiger partial charge on any atom is 0.349 e. The van der Waals surface area contributed by atoms with Crippen LogP contribution in [0.15, 0.2) is 115 Å². The van der Waals surface area contributed by atoms with E-state index in [1.54, 1.807) is 13.8 Å². The Morgan fingerprint density at radius 1 is 0.568 bits per heavy atom. The average molecular weight is 647 g/mol. The molecule has 3 rings (SSSR count). The normalized spacial score (nSPS) is 15.2. The second-order valence-corrected chi connectivity index (χ2v) is 22.9. The first-order valence-corrected chi connectivity index (χ1v) is 22.7. The Kier molecular flexibility index (Phi) is 12.9. The minimum atomic E-state index is -3.08. The summed E-state index contributed by atoms with van der Waals surface area (Å²) in [5.41, 5.74) is 0.780. The van der Waals surface area contributed by atoms with Gasteiger partial charge in [0.15, 0.2) is 0 Å². The van der Waals surface area contributed by atoms with Gasteiger partial charge in [0.1, 0.15) is 0 Å². The van der Waals surface area contributed by atoms with Gasteiger partial charge in [0.25, 0.3) is 0 Å². The van der Waals surface area contributed by atoms with Crippen LogP contribution in [0, 0.1) is 0 Å². The average Bonchev–Trinajstić information content (AvgIpc) is 3.02. The van der Waals surface area contributed by atoms with E-state index in [1.807, 2.05) is 54.6 Å². The highest BCUT2D eigenvalue weighted by Crippen LogP contribution is 2.27. The Balaban J connectivity index is 1.98. The molecule has 0 bridgehead atoms. The van der Waals surface area contributed by atoms with Gasteiger partial charge < -0.3 is 17.7 Å². The van der Waals surface area contributed by atoms with Crippen molar-refractivity contribution in [3.63, 3.8) is 0 Å². The van der Waals surface area contributed by atoms with E-state index in [0.717, 1.165) is 17.3 Å². The van der Waals surface area contributed by atoms with Crippen LogP contribution in [-0.4, -0.2) is 50.3 Å². The number of hydrogen-bond donors (Lipinski definition) is 0. The van der Waals surface area contributed by atoms with E-state index in [9.17, 15) is 9.59 Å². The molecule has 0 aliphatic rings. The summed E-state index contributed by atoms with van der Waals surface area (Å²) in [6, 6.07) is 32.5. The Hall–Kier alpha value is -3.35. The van der Waals surface area contributed by atoms with Gasteiger partial charge in [-0.25, -0.2) is 9.59 Å². The third-order valence-corrected chi connectivity index (χ3v) is 21.5. The Bertz CT molecular complexity index is 1310. The van der Waals surface area contributed by atoms with Crippen molar-refractivity contribution >= 4 is 52.7 Å². The number of esters is 2. The molecule has 3 aromatic rings. The molecule has 0 aliphatic heterocycles. The fourth-order valence-corrected chi connectivity index (χ4v) is 20.2. The third kappa shape index (κ3) is 9.83. The van der Waals surface area contributed by atoms with Gasteiger partial charge in [-0.15, -0.1) is 0 Å². The molecule has 2 unspecified atom stereocenters. The molecule has 0 amide bonds. The van der Waals surface area contributed by atoms with E-state index in [-0.39, 0.29) is 11.9 Å². The van der Waals surface area contributed by atoms with E-state index < -0.39 is 25.2 Å². The van der Waals surface area contributed by atoms with Crippen LogP contribution in [0.2, 0.25) is 31.7 Å². The van der Waals surface area contributed by atoms with Gasteiger partial charge in [-0.2, -0.15) is 0 Å². The lowest BCUT2D eigenvalue weighted by atomic mass is 10.4. The maximum absolute atomic E-state index is 12.0. The van der Waals surface area contributed by atoms with Crippen molar-refractivity contribution in [2.45, 2.75) is 58.4 Å². The van der Waals surface area contributed by atoms with E-state index in [2.05, 4.69) is 69.2 Å². The zero-order valence-electron chi connectivity index (χ0n) is 26.8. The van der Waals surface area contributed by atoms with Crippen molar-refractivity contribution in [1.82, 2.24) is 0 Å². The molecule has 9 heteroatoms. The van der Waals surface area contributed by atoms with Crippen molar-refractivity contribution in [1.29, 1.82) is 0 Å². The number of benzene rings is 3. The summed E-state index contributed by atoms with van der Waals surface area (Å²) < 4.78 is 25.9. The summed E-state index contributed by atoms with van der Waals surface area (Å²) >= 11 is 0. The molecule has 2 atom stereocenters. The minimum Gasteiger partial charge on any atom is -0.462 e. The fourth-order valence-electron chi connectivity index (χ4n) is 5.22. The highest BCUT2D eigenvalue weighted by atomic mass is 28.5. The summed E-state index contributed by atoms with van der Waals surface area (Å²) in [5, 5.41) is 3.39. The third-order valence-electron chi connectivity index (χ3n) is 7.67. The lowest BCUT2D eigenvalue weighted by molar-refractivity contribution is -0.139. The van der Waals surface area contributed by atoms with Crippen LogP contribution < -0.4 is 15.6 Å². The Morgan fingerprint density at radius 3 is 1.20 bits per heavy atom. The van der Waals surface area contributed by atoms with Gasteiger partial charge in [-0.1, -0.05) is 104 Å². The number of carbonyl (C=O) groups excluding carboxylic acids is 2. The summed E-state index contributed by atoms with van der Waals surface area (Å²) in [6.45, 7) is 17.9. The van der Waals surface area contributed by atoms with Gasteiger partial charge in [0.05, 0.1) is 13.2 Å². The van der Waals surface area contributed by atoms with Crippen LogP contribution >= 0.6 is 0 Å². The molecule has 234 valence electrons. The minimum absolute atomic E-state index is 0.300. The van der Waals surface area contributed by atoms with Crippen LogP contribution in [0.1, 0.15) is 26.7 Å². The standard InChI is InChI=1S/C35H46O6Si3/c1-29(2)34(36)38-25-17-27-42(5,31-19-11-8-12-20-31)40-44(7,33-23-15-10-16-24-33)41-43(6,32-21-13-9-14-22-32)28-18-26-39-35(37)30(3)4/h8-16,19-24H,1,3,17-18,25-28H2,2,4-7H3. The van der Waals surface area contributed by atoms with Gasteiger partial charge in [-0.05, 0) is 74.0 Å². The molecule has 0 fully saturated rings. The van der Waals surface area contributed by atoms with Crippen LogP contribution in [0.25, 0.3) is 0 Å². The van der Waals surface area contributed by atoms with Gasteiger partial charge in [-0.3, -0.25) is 0 Å². The molecule has 0 N–H and O–H groups in total. The van der Waals surface area contributed by atoms with E-state index in [4.69, 9.17) is 17.7 Å². The molecule has 0 heterocycles. The summed E-state index contributed by atoms with van der Waals surface area (Å²) in [5.74, 6) is -0.751. The fraction of sp³-hybridized carbons (Fsp3) is 0.314. The topological polar surface area (TPSA) is 71.1 Å². The number of rotatable bonds is 17. The van der Waals surface area contributed by atoms with E-state index >= 15 is 0 Å². The van der Waals surface area contributed by atoms with Crippen LogP contribution in [0.4, 0.5) is 0 Å². The zero-order valence-corrected chi connectivity index (χ0v) is 29.8. The lowest BCUT2D eigenvalue weighted by Crippen LogP contribution is -2.67. The highest BCUT2D eigenvalue weighted by Gasteiger charge is 2.48. The van der Waals surface area contributed by atoms with Crippen molar-refractivity contribution < 1.29 is 27.3 Å². The van der Waals surface area contributed by atoms with Gasteiger partial charge in [0, 0.05) is 11.1 Å². The summed E-state index contributed by atoms with van der Waals surface area (Å²) in [6.07, 6.45) is 1.33. The van der Waals surface area contributed by atoms with Crippen molar-refractivity contribution in [3.8, 4) is 0 Å². The zero-order chi connectivity index (χ0) is 32.2. The summed E-state index contributed by atoms with van der Waals surface area (Å²) in [4.78, 5) is 24.1. The van der Waals surface area contributed by atoms with Crippen LogP contribution in [0.3, 0.4) is 0 Å². The maximum atomic E-state index is 12.0. The highest BCUT2D eigenvalue weighted by molar-refractivity contribution is 7.00. The van der Waals surface area contributed by atoms with Crippen molar-refractivity contribution in [2.24, 2.45) is 0 Å². The monoisotopic (exact) mass is 646 g/mol. The molecular weight excluding hydrogens is 601 g/mol. The number of ether oxygens (including phenoxy) is 2. The first-order chi connectivity index (χ1) is 20.9. The molecule has 3 aromatic carbocycles. The molecular formula is C35H46O6Si3. The molecule has 0 saturated carbocycles. The Labute approximate surface area is 266 Å². The second-order valence-electron chi connectivity index (χ2n) is 11.7. The molecule has 0 saturated heterocycles. The summed E-state index contributed by atoms with van der Waals surface area (Å²) in [7, 11) is -8.37. The SMILES string of the molecule is C=C(C)C(=O)OCCC[Si](C)(O[Si](C)(O[Si](C)(CCCOC(=O)C(=C)C)c1ccccc1)c1ccccc1)c1ccccc1. The van der Waals surface area contributed by atoms with E-state index in [1.165, 1.54) is 10.4 Å². The quantitative estimate of drug-likeness (QED) is 0.0778. The number of hydrogen-bond acceptors (Lipinski definition) is 6.